The maximum Gasteiger partial charge on any atom is 0.318 e. The molecule has 0 amide bonds. The van der Waals surface area contributed by atoms with Gasteiger partial charge >= 0.3 is 5.97 Å². The largest absolute Gasteiger partial charge is 0.480 e. The first-order valence-corrected chi connectivity index (χ1v) is 7.91. The number of hydrogen-bond acceptors (Lipinski definition) is 5. The Bertz CT molecular complexity index is 711. The smallest absolute Gasteiger partial charge is 0.318 e. The van der Waals surface area contributed by atoms with Gasteiger partial charge in [0.05, 0.1) is 9.82 Å². The summed E-state index contributed by atoms with van der Waals surface area (Å²) in [7, 11) is -4.16. The van der Waals surface area contributed by atoms with Gasteiger partial charge in [0.1, 0.15) is 6.54 Å². The highest BCUT2D eigenvalue weighted by molar-refractivity contribution is 7.89. The summed E-state index contributed by atoms with van der Waals surface area (Å²) in [5.74, 6) is -1.29. The number of hydrogen-bond donors (Lipinski definition) is 1. The maximum atomic E-state index is 12.7. The van der Waals surface area contributed by atoms with Gasteiger partial charge in [-0.2, -0.15) is 4.31 Å². The predicted molar refractivity (Wildman–Crippen MR) is 79.2 cm³/mol. The van der Waals surface area contributed by atoms with Gasteiger partial charge in [-0.15, -0.1) is 0 Å². The Balaban J connectivity index is 3.57. The van der Waals surface area contributed by atoms with Gasteiger partial charge in [0.2, 0.25) is 10.0 Å². The van der Waals surface area contributed by atoms with Crippen molar-refractivity contribution in [3.63, 3.8) is 0 Å². The Labute approximate surface area is 128 Å². The molecule has 0 saturated carbocycles. The van der Waals surface area contributed by atoms with E-state index in [1.807, 2.05) is 0 Å². The number of nitro groups is 1. The number of benzene rings is 1. The Kier molecular flexibility index (Phi) is 5.26. The number of rotatable bonds is 6. The zero-order valence-electron chi connectivity index (χ0n) is 12.7. The normalized spacial score (nSPS) is 11.9. The molecule has 0 aliphatic rings. The first kappa shape index (κ1) is 18.1. The van der Waals surface area contributed by atoms with Crippen molar-refractivity contribution in [2.75, 3.05) is 6.54 Å². The van der Waals surface area contributed by atoms with Gasteiger partial charge in [-0.25, -0.2) is 8.42 Å². The van der Waals surface area contributed by atoms with E-state index in [-0.39, 0.29) is 16.1 Å². The number of carboxylic acids is 1. The number of aliphatic carboxylic acids is 1. The molecule has 0 unspecified atom stereocenters. The molecule has 9 heteroatoms. The molecule has 0 aliphatic heterocycles. The fourth-order valence-electron chi connectivity index (χ4n) is 2.07. The lowest BCUT2D eigenvalue weighted by Crippen LogP contribution is -2.40. The van der Waals surface area contributed by atoms with E-state index in [2.05, 4.69) is 0 Å². The topological polar surface area (TPSA) is 118 Å². The van der Waals surface area contributed by atoms with Crippen molar-refractivity contribution in [3.05, 3.63) is 33.4 Å². The average molecular weight is 330 g/mol. The molecule has 122 valence electrons. The van der Waals surface area contributed by atoms with E-state index in [4.69, 9.17) is 5.11 Å². The minimum Gasteiger partial charge on any atom is -0.480 e. The van der Waals surface area contributed by atoms with Crippen LogP contribution in [0.2, 0.25) is 0 Å². The molecule has 0 fully saturated rings. The van der Waals surface area contributed by atoms with E-state index in [9.17, 15) is 23.3 Å². The standard InChI is InChI=1S/C13H18N2O6S/c1-8(2)14(7-13(16)17)22(20,21)12-6-9(3)5-11(10(12)4)15(18)19/h5-6,8H,7H2,1-4H3,(H,16,17). The van der Waals surface area contributed by atoms with Crippen LogP contribution in [-0.4, -0.2) is 41.3 Å². The van der Waals surface area contributed by atoms with Crippen LogP contribution in [0.1, 0.15) is 25.0 Å². The van der Waals surface area contributed by atoms with Crippen molar-refractivity contribution in [3.8, 4) is 0 Å². The number of carbonyl (C=O) groups is 1. The number of aryl methyl sites for hydroxylation is 1. The molecule has 22 heavy (non-hydrogen) atoms. The first-order chi connectivity index (χ1) is 9.98. The van der Waals surface area contributed by atoms with Gasteiger partial charge < -0.3 is 5.11 Å². The molecular weight excluding hydrogens is 312 g/mol. The van der Waals surface area contributed by atoms with Crippen LogP contribution in [-0.2, 0) is 14.8 Å². The van der Waals surface area contributed by atoms with Crippen LogP contribution < -0.4 is 0 Å². The van der Waals surface area contributed by atoms with Gasteiger partial charge in [-0.1, -0.05) is 0 Å². The SMILES string of the molecule is Cc1cc([N+](=O)[O-])c(C)c(S(=O)(=O)N(CC(=O)O)C(C)C)c1. The molecule has 0 aromatic heterocycles. The Hall–Kier alpha value is -2.00. The average Bonchev–Trinajstić information content (AvgIpc) is 2.37. The lowest BCUT2D eigenvalue weighted by atomic mass is 10.1. The monoisotopic (exact) mass is 330 g/mol. The molecule has 0 heterocycles. The first-order valence-electron chi connectivity index (χ1n) is 6.47. The van der Waals surface area contributed by atoms with Crippen molar-refractivity contribution in [1.29, 1.82) is 0 Å². The van der Waals surface area contributed by atoms with Crippen LogP contribution in [0.25, 0.3) is 0 Å². The summed E-state index contributed by atoms with van der Waals surface area (Å²) in [5, 5.41) is 19.9. The van der Waals surface area contributed by atoms with Crippen LogP contribution in [0.3, 0.4) is 0 Å². The Morgan fingerprint density at radius 2 is 1.91 bits per heavy atom. The van der Waals surface area contributed by atoms with E-state index in [0.29, 0.717) is 5.56 Å². The highest BCUT2D eigenvalue weighted by Crippen LogP contribution is 2.29. The third-order valence-electron chi connectivity index (χ3n) is 3.13. The molecule has 0 saturated heterocycles. The summed E-state index contributed by atoms with van der Waals surface area (Å²) < 4.78 is 26.2. The van der Waals surface area contributed by atoms with Crippen LogP contribution in [0.15, 0.2) is 17.0 Å². The third kappa shape index (κ3) is 3.60. The summed E-state index contributed by atoms with van der Waals surface area (Å²) in [5.41, 5.74) is 0.0964. The quantitative estimate of drug-likeness (QED) is 0.626. The Morgan fingerprint density at radius 3 is 2.32 bits per heavy atom. The lowest BCUT2D eigenvalue weighted by molar-refractivity contribution is -0.385. The van der Waals surface area contributed by atoms with Gasteiger partial charge in [0.25, 0.3) is 5.69 Å². The molecule has 0 spiro atoms. The fourth-order valence-corrected chi connectivity index (χ4v) is 3.98. The van der Waals surface area contributed by atoms with E-state index in [1.165, 1.54) is 19.1 Å². The van der Waals surface area contributed by atoms with Gasteiger partial charge in [-0.3, -0.25) is 14.9 Å². The van der Waals surface area contributed by atoms with Gasteiger partial charge in [-0.05, 0) is 39.3 Å². The maximum absolute atomic E-state index is 12.7. The lowest BCUT2D eigenvalue weighted by Gasteiger charge is -2.25. The summed E-state index contributed by atoms with van der Waals surface area (Å²) in [6.07, 6.45) is 0. The molecule has 8 nitrogen and oxygen atoms in total. The molecule has 1 aromatic carbocycles. The zero-order chi connectivity index (χ0) is 17.2. The highest BCUT2D eigenvalue weighted by atomic mass is 32.2. The van der Waals surface area contributed by atoms with Crippen molar-refractivity contribution in [2.24, 2.45) is 0 Å². The summed E-state index contributed by atoms with van der Waals surface area (Å²) in [6, 6.07) is 2.00. The molecule has 1 rings (SSSR count). The third-order valence-corrected chi connectivity index (χ3v) is 5.28. The molecule has 0 aliphatic carbocycles. The number of nitro benzene ring substituents is 1. The molecule has 0 atom stereocenters. The molecule has 0 radical (unpaired) electrons. The van der Waals surface area contributed by atoms with Crippen LogP contribution in [0, 0.1) is 24.0 Å². The van der Waals surface area contributed by atoms with Crippen molar-refractivity contribution < 1.29 is 23.2 Å². The zero-order valence-corrected chi connectivity index (χ0v) is 13.5. The van der Waals surface area contributed by atoms with Crippen LogP contribution in [0.5, 0.6) is 0 Å². The number of sulfonamides is 1. The highest BCUT2D eigenvalue weighted by Gasteiger charge is 2.32. The second kappa shape index (κ2) is 6.41. The summed E-state index contributed by atoms with van der Waals surface area (Å²) >= 11 is 0. The van der Waals surface area contributed by atoms with Crippen molar-refractivity contribution in [1.82, 2.24) is 4.31 Å². The molecule has 0 bridgehead atoms. The number of carboxylic acid groups (broad SMARTS) is 1. The van der Waals surface area contributed by atoms with Crippen LogP contribution in [0.4, 0.5) is 5.69 Å². The summed E-state index contributed by atoms with van der Waals surface area (Å²) in [6.45, 7) is 5.26. The van der Waals surface area contributed by atoms with Gasteiger partial charge in [0, 0.05) is 17.7 Å². The number of nitrogens with zero attached hydrogens (tertiary/aromatic N) is 2. The molecule has 1 N–H and O–H groups in total. The van der Waals surface area contributed by atoms with Crippen LogP contribution >= 0.6 is 0 Å². The summed E-state index contributed by atoms with van der Waals surface area (Å²) in [4.78, 5) is 21.0. The van der Waals surface area contributed by atoms with E-state index < -0.39 is 33.5 Å². The van der Waals surface area contributed by atoms with Crippen molar-refractivity contribution in [2.45, 2.75) is 38.6 Å². The molecular formula is C13H18N2O6S. The fraction of sp³-hybridized carbons (Fsp3) is 0.462. The minimum atomic E-state index is -4.16. The second-order valence-electron chi connectivity index (χ2n) is 5.20. The van der Waals surface area contributed by atoms with E-state index in [1.54, 1.807) is 20.8 Å². The van der Waals surface area contributed by atoms with Gasteiger partial charge in [0.15, 0.2) is 0 Å². The predicted octanol–water partition coefficient (Wildman–Crippen LogP) is 1.70. The second-order valence-corrected chi connectivity index (χ2v) is 7.06. The Morgan fingerprint density at radius 1 is 1.36 bits per heavy atom. The molecule has 1 aromatic rings. The van der Waals surface area contributed by atoms with E-state index >= 15 is 0 Å². The minimum absolute atomic E-state index is 0.00774. The van der Waals surface area contributed by atoms with E-state index in [0.717, 1.165) is 4.31 Å². The van der Waals surface area contributed by atoms with Crippen molar-refractivity contribution >= 4 is 21.7 Å².